The SMILES string of the molecule is Cc1ccc(C(N)CCN(C)C2CCC(C)(C)CC2)cc1. The van der Waals surface area contributed by atoms with E-state index in [0.717, 1.165) is 19.0 Å². The number of hydrogen-bond acceptors (Lipinski definition) is 2. The Morgan fingerprint density at radius 3 is 2.33 bits per heavy atom. The quantitative estimate of drug-likeness (QED) is 0.876. The Morgan fingerprint density at radius 1 is 1.19 bits per heavy atom. The maximum atomic E-state index is 6.34. The summed E-state index contributed by atoms with van der Waals surface area (Å²) in [4.78, 5) is 2.53. The van der Waals surface area contributed by atoms with Gasteiger partial charge in [0.1, 0.15) is 0 Å². The molecule has 0 saturated heterocycles. The maximum absolute atomic E-state index is 6.34. The molecule has 2 nitrogen and oxygen atoms in total. The number of nitrogens with two attached hydrogens (primary N) is 1. The van der Waals surface area contributed by atoms with Crippen molar-refractivity contribution in [3.05, 3.63) is 35.4 Å². The van der Waals surface area contributed by atoms with Crippen LogP contribution >= 0.6 is 0 Å². The van der Waals surface area contributed by atoms with E-state index in [2.05, 4.69) is 57.0 Å². The van der Waals surface area contributed by atoms with Crippen LogP contribution < -0.4 is 5.73 Å². The predicted molar refractivity (Wildman–Crippen MR) is 91.4 cm³/mol. The van der Waals surface area contributed by atoms with Gasteiger partial charge in [-0.1, -0.05) is 43.7 Å². The van der Waals surface area contributed by atoms with E-state index >= 15 is 0 Å². The van der Waals surface area contributed by atoms with E-state index in [1.165, 1.54) is 36.8 Å². The summed E-state index contributed by atoms with van der Waals surface area (Å²) in [5, 5.41) is 0. The lowest BCUT2D eigenvalue weighted by molar-refractivity contribution is 0.125. The van der Waals surface area contributed by atoms with Crippen LogP contribution in [0.3, 0.4) is 0 Å². The van der Waals surface area contributed by atoms with Gasteiger partial charge < -0.3 is 10.6 Å². The third-order valence-electron chi connectivity index (χ3n) is 5.23. The number of rotatable bonds is 5. The molecule has 0 amide bonds. The highest BCUT2D eigenvalue weighted by Crippen LogP contribution is 2.36. The van der Waals surface area contributed by atoms with Gasteiger partial charge in [-0.2, -0.15) is 0 Å². The van der Waals surface area contributed by atoms with E-state index in [1.807, 2.05) is 0 Å². The normalized spacial score (nSPS) is 20.7. The molecule has 1 atom stereocenters. The van der Waals surface area contributed by atoms with Crippen LogP contribution in [0.4, 0.5) is 0 Å². The lowest BCUT2D eigenvalue weighted by atomic mass is 9.75. The molecule has 1 fully saturated rings. The first-order valence-corrected chi connectivity index (χ1v) is 8.40. The second kappa shape index (κ2) is 6.93. The number of aryl methyl sites for hydroxylation is 1. The van der Waals surface area contributed by atoms with Gasteiger partial charge in [0.25, 0.3) is 0 Å². The molecule has 2 N–H and O–H groups in total. The van der Waals surface area contributed by atoms with Crippen LogP contribution in [-0.2, 0) is 0 Å². The van der Waals surface area contributed by atoms with E-state index in [4.69, 9.17) is 5.73 Å². The summed E-state index contributed by atoms with van der Waals surface area (Å²) in [6.07, 6.45) is 6.42. The molecule has 0 aromatic heterocycles. The largest absolute Gasteiger partial charge is 0.324 e. The Bertz CT molecular complexity index is 425. The Labute approximate surface area is 130 Å². The van der Waals surface area contributed by atoms with Crippen LogP contribution in [0.2, 0.25) is 0 Å². The van der Waals surface area contributed by atoms with E-state index in [1.54, 1.807) is 0 Å². The average molecular weight is 288 g/mol. The van der Waals surface area contributed by atoms with Crippen molar-refractivity contribution < 1.29 is 0 Å². The topological polar surface area (TPSA) is 29.3 Å². The lowest BCUT2D eigenvalue weighted by Gasteiger charge is -2.39. The summed E-state index contributed by atoms with van der Waals surface area (Å²) in [7, 11) is 2.27. The molecule has 1 unspecified atom stereocenters. The van der Waals surface area contributed by atoms with Crippen LogP contribution in [0.15, 0.2) is 24.3 Å². The van der Waals surface area contributed by atoms with E-state index < -0.39 is 0 Å². The fourth-order valence-electron chi connectivity index (χ4n) is 3.33. The molecule has 1 saturated carbocycles. The van der Waals surface area contributed by atoms with Crippen LogP contribution in [0, 0.1) is 12.3 Å². The number of benzene rings is 1. The monoisotopic (exact) mass is 288 g/mol. The van der Waals surface area contributed by atoms with Crippen LogP contribution in [0.5, 0.6) is 0 Å². The van der Waals surface area contributed by atoms with Crippen molar-refractivity contribution in [2.24, 2.45) is 11.1 Å². The molecule has 1 aromatic rings. The third-order valence-corrected chi connectivity index (χ3v) is 5.23. The minimum absolute atomic E-state index is 0.160. The third kappa shape index (κ3) is 4.82. The van der Waals surface area contributed by atoms with E-state index in [9.17, 15) is 0 Å². The van der Waals surface area contributed by atoms with Gasteiger partial charge in [-0.3, -0.25) is 0 Å². The standard InChI is InChI=1S/C19H32N2/c1-15-5-7-16(8-6-15)18(20)11-14-21(4)17-9-12-19(2,3)13-10-17/h5-8,17-18H,9-14,20H2,1-4H3. The molecule has 0 aliphatic heterocycles. The van der Waals surface area contributed by atoms with Crippen molar-refractivity contribution in [1.29, 1.82) is 0 Å². The van der Waals surface area contributed by atoms with Gasteiger partial charge >= 0.3 is 0 Å². The first-order valence-electron chi connectivity index (χ1n) is 8.40. The Kier molecular flexibility index (Phi) is 5.45. The zero-order chi connectivity index (χ0) is 15.5. The molecule has 1 aliphatic carbocycles. The van der Waals surface area contributed by atoms with Crippen LogP contribution in [-0.4, -0.2) is 24.5 Å². The first-order chi connectivity index (χ1) is 9.87. The molecule has 21 heavy (non-hydrogen) atoms. The number of nitrogens with zero attached hydrogens (tertiary/aromatic N) is 1. The summed E-state index contributed by atoms with van der Waals surface area (Å²) in [6, 6.07) is 9.56. The Balaban J connectivity index is 1.78. The molecule has 1 aliphatic rings. The minimum Gasteiger partial charge on any atom is -0.324 e. The molecule has 0 bridgehead atoms. The molecule has 1 aromatic carbocycles. The molecule has 0 spiro atoms. The fraction of sp³-hybridized carbons (Fsp3) is 0.684. The highest BCUT2D eigenvalue weighted by atomic mass is 15.1. The zero-order valence-electron chi connectivity index (χ0n) is 14.2. The van der Waals surface area contributed by atoms with Crippen LogP contribution in [0.25, 0.3) is 0 Å². The predicted octanol–water partition coefficient (Wildman–Crippen LogP) is 4.29. The van der Waals surface area contributed by atoms with Gasteiger partial charge in [-0.05, 0) is 63.6 Å². The van der Waals surface area contributed by atoms with Gasteiger partial charge in [0.2, 0.25) is 0 Å². The molecular weight excluding hydrogens is 256 g/mol. The van der Waals surface area contributed by atoms with Crippen molar-refractivity contribution in [2.45, 2.75) is 65.0 Å². The first kappa shape index (κ1) is 16.5. The molecule has 2 heteroatoms. The van der Waals surface area contributed by atoms with Gasteiger partial charge in [0.05, 0.1) is 0 Å². The molecular formula is C19H32N2. The molecule has 2 rings (SSSR count). The van der Waals surface area contributed by atoms with Crippen molar-refractivity contribution in [3.63, 3.8) is 0 Å². The van der Waals surface area contributed by atoms with Gasteiger partial charge in [0.15, 0.2) is 0 Å². The van der Waals surface area contributed by atoms with Crippen molar-refractivity contribution >= 4 is 0 Å². The summed E-state index contributed by atoms with van der Waals surface area (Å²) in [5.41, 5.74) is 9.45. The second-order valence-corrected chi connectivity index (χ2v) is 7.68. The van der Waals surface area contributed by atoms with Gasteiger partial charge in [-0.15, -0.1) is 0 Å². The average Bonchev–Trinajstić information content (AvgIpc) is 2.45. The highest BCUT2D eigenvalue weighted by Gasteiger charge is 2.28. The van der Waals surface area contributed by atoms with Crippen molar-refractivity contribution in [3.8, 4) is 0 Å². The Hall–Kier alpha value is -0.860. The summed E-state index contributed by atoms with van der Waals surface area (Å²) in [6.45, 7) is 8.01. The fourth-order valence-corrected chi connectivity index (χ4v) is 3.33. The second-order valence-electron chi connectivity index (χ2n) is 7.68. The zero-order valence-corrected chi connectivity index (χ0v) is 14.2. The minimum atomic E-state index is 0.160. The van der Waals surface area contributed by atoms with Crippen molar-refractivity contribution in [2.75, 3.05) is 13.6 Å². The molecule has 0 radical (unpaired) electrons. The summed E-state index contributed by atoms with van der Waals surface area (Å²) in [5.74, 6) is 0. The van der Waals surface area contributed by atoms with E-state index in [0.29, 0.717) is 5.41 Å². The van der Waals surface area contributed by atoms with Crippen LogP contribution in [0.1, 0.15) is 63.1 Å². The lowest BCUT2D eigenvalue weighted by Crippen LogP contribution is -2.38. The molecule has 118 valence electrons. The Morgan fingerprint density at radius 2 is 1.76 bits per heavy atom. The van der Waals surface area contributed by atoms with Gasteiger partial charge in [0, 0.05) is 12.1 Å². The molecule has 0 heterocycles. The van der Waals surface area contributed by atoms with E-state index in [-0.39, 0.29) is 6.04 Å². The highest BCUT2D eigenvalue weighted by molar-refractivity contribution is 5.23. The maximum Gasteiger partial charge on any atom is 0.0307 e. The van der Waals surface area contributed by atoms with Crippen molar-refractivity contribution in [1.82, 2.24) is 4.90 Å². The summed E-state index contributed by atoms with van der Waals surface area (Å²) >= 11 is 0. The summed E-state index contributed by atoms with van der Waals surface area (Å²) < 4.78 is 0. The van der Waals surface area contributed by atoms with Gasteiger partial charge in [-0.25, -0.2) is 0 Å². The smallest absolute Gasteiger partial charge is 0.0307 e. The number of hydrogen-bond donors (Lipinski definition) is 1.